The number of carbonyl (C=O) groups excluding carboxylic acids is 2. The number of para-hydroxylation sites is 1. The minimum atomic E-state index is -0.0913. The van der Waals surface area contributed by atoms with Gasteiger partial charge in [0.05, 0.1) is 6.42 Å². The van der Waals surface area contributed by atoms with Crippen molar-refractivity contribution < 1.29 is 9.59 Å². The van der Waals surface area contributed by atoms with Crippen molar-refractivity contribution in [3.8, 4) is 0 Å². The third-order valence-corrected chi connectivity index (χ3v) is 3.85. The fourth-order valence-electron chi connectivity index (χ4n) is 2.61. The Hall–Kier alpha value is -3.08. The fourth-order valence-corrected chi connectivity index (χ4v) is 2.61. The maximum atomic E-state index is 12.3. The van der Waals surface area contributed by atoms with E-state index in [-0.39, 0.29) is 11.8 Å². The number of aromatic amines is 1. The first-order chi connectivity index (χ1) is 11.5. The molecule has 0 saturated heterocycles. The Kier molecular flexibility index (Phi) is 4.33. The monoisotopic (exact) mass is 321 g/mol. The Labute approximate surface area is 140 Å². The van der Waals surface area contributed by atoms with Gasteiger partial charge < -0.3 is 15.2 Å². The second kappa shape index (κ2) is 6.58. The van der Waals surface area contributed by atoms with Gasteiger partial charge in [-0.2, -0.15) is 0 Å². The third kappa shape index (κ3) is 3.30. The van der Waals surface area contributed by atoms with Crippen LogP contribution < -0.4 is 5.32 Å². The molecule has 2 amide bonds. The Morgan fingerprint density at radius 3 is 2.46 bits per heavy atom. The van der Waals surface area contributed by atoms with Gasteiger partial charge in [0.2, 0.25) is 5.91 Å². The highest BCUT2D eigenvalue weighted by Crippen LogP contribution is 2.19. The fraction of sp³-hybridized carbons (Fsp3) is 0.158. The summed E-state index contributed by atoms with van der Waals surface area (Å²) in [5, 5.41) is 3.92. The Morgan fingerprint density at radius 1 is 1.04 bits per heavy atom. The van der Waals surface area contributed by atoms with Gasteiger partial charge in [-0.1, -0.05) is 18.2 Å². The first-order valence-corrected chi connectivity index (χ1v) is 7.71. The summed E-state index contributed by atoms with van der Waals surface area (Å²) >= 11 is 0. The number of hydrogen-bond donors (Lipinski definition) is 2. The molecule has 0 spiro atoms. The second-order valence-electron chi connectivity index (χ2n) is 5.86. The van der Waals surface area contributed by atoms with Crippen LogP contribution in [0, 0.1) is 0 Å². The zero-order valence-corrected chi connectivity index (χ0v) is 13.7. The minimum absolute atomic E-state index is 0.0633. The predicted molar refractivity (Wildman–Crippen MR) is 95.1 cm³/mol. The van der Waals surface area contributed by atoms with E-state index in [9.17, 15) is 9.59 Å². The summed E-state index contributed by atoms with van der Waals surface area (Å²) < 4.78 is 0. The van der Waals surface area contributed by atoms with E-state index in [0.29, 0.717) is 17.7 Å². The molecular weight excluding hydrogens is 302 g/mol. The number of benzene rings is 2. The van der Waals surface area contributed by atoms with Crippen molar-refractivity contribution in [1.29, 1.82) is 0 Å². The van der Waals surface area contributed by atoms with E-state index in [4.69, 9.17) is 0 Å². The molecule has 2 aromatic carbocycles. The van der Waals surface area contributed by atoms with Crippen molar-refractivity contribution in [2.24, 2.45) is 0 Å². The van der Waals surface area contributed by atoms with Crippen molar-refractivity contribution in [2.75, 3.05) is 19.4 Å². The van der Waals surface area contributed by atoms with E-state index in [0.717, 1.165) is 16.5 Å². The smallest absolute Gasteiger partial charge is 0.253 e. The average molecular weight is 321 g/mol. The van der Waals surface area contributed by atoms with Gasteiger partial charge in [0.1, 0.15) is 0 Å². The summed E-state index contributed by atoms with van der Waals surface area (Å²) in [7, 11) is 3.42. The molecule has 5 heteroatoms. The zero-order valence-electron chi connectivity index (χ0n) is 13.7. The van der Waals surface area contributed by atoms with Gasteiger partial charge in [0.15, 0.2) is 0 Å². The number of nitrogens with zero attached hydrogens (tertiary/aromatic N) is 1. The van der Waals surface area contributed by atoms with E-state index in [1.165, 1.54) is 4.90 Å². The molecule has 0 unspecified atom stereocenters. The van der Waals surface area contributed by atoms with Crippen LogP contribution in [0.4, 0.5) is 5.69 Å². The lowest BCUT2D eigenvalue weighted by Crippen LogP contribution is -2.21. The highest BCUT2D eigenvalue weighted by atomic mass is 16.2. The first-order valence-electron chi connectivity index (χ1n) is 7.71. The predicted octanol–water partition coefficient (Wildman–Crippen LogP) is 3.05. The highest BCUT2D eigenvalue weighted by molar-refractivity contribution is 5.97. The number of hydrogen-bond acceptors (Lipinski definition) is 2. The van der Waals surface area contributed by atoms with E-state index in [1.807, 2.05) is 30.5 Å². The van der Waals surface area contributed by atoms with Crippen LogP contribution in [0.15, 0.2) is 54.7 Å². The summed E-state index contributed by atoms with van der Waals surface area (Å²) in [5.41, 5.74) is 3.25. The Balaban J connectivity index is 1.68. The van der Waals surface area contributed by atoms with Crippen molar-refractivity contribution >= 4 is 28.4 Å². The minimum Gasteiger partial charge on any atom is -0.361 e. The molecule has 0 aliphatic rings. The zero-order chi connectivity index (χ0) is 17.1. The largest absolute Gasteiger partial charge is 0.361 e. The maximum Gasteiger partial charge on any atom is 0.253 e. The molecule has 0 radical (unpaired) electrons. The molecule has 1 aromatic heterocycles. The SMILES string of the molecule is CN(C)C(=O)c1ccc(NC(=O)Cc2c[nH]c3ccccc23)cc1. The van der Waals surface area contributed by atoms with Gasteiger partial charge in [0, 0.05) is 42.4 Å². The molecule has 0 aliphatic carbocycles. The van der Waals surface area contributed by atoms with Gasteiger partial charge in [-0.15, -0.1) is 0 Å². The molecule has 0 saturated carbocycles. The van der Waals surface area contributed by atoms with Crippen molar-refractivity contribution in [1.82, 2.24) is 9.88 Å². The average Bonchev–Trinajstić information content (AvgIpc) is 2.98. The number of amides is 2. The molecule has 0 fully saturated rings. The number of fused-ring (bicyclic) bond motifs is 1. The molecule has 2 N–H and O–H groups in total. The number of anilines is 1. The lowest BCUT2D eigenvalue weighted by Gasteiger charge is -2.11. The van der Waals surface area contributed by atoms with Crippen LogP contribution in [-0.4, -0.2) is 35.8 Å². The van der Waals surface area contributed by atoms with Gasteiger partial charge >= 0.3 is 0 Å². The molecule has 3 rings (SSSR count). The van der Waals surface area contributed by atoms with E-state index >= 15 is 0 Å². The summed E-state index contributed by atoms with van der Waals surface area (Å²) in [6.45, 7) is 0. The van der Waals surface area contributed by atoms with E-state index in [2.05, 4.69) is 10.3 Å². The van der Waals surface area contributed by atoms with Crippen LogP contribution >= 0.6 is 0 Å². The topological polar surface area (TPSA) is 65.2 Å². The molecule has 1 heterocycles. The van der Waals surface area contributed by atoms with Crippen molar-refractivity contribution in [3.05, 3.63) is 65.9 Å². The van der Waals surface area contributed by atoms with Crippen LogP contribution in [0.3, 0.4) is 0 Å². The number of nitrogens with one attached hydrogen (secondary N) is 2. The second-order valence-corrected chi connectivity index (χ2v) is 5.86. The number of H-pyrrole nitrogens is 1. The molecule has 3 aromatic rings. The highest BCUT2D eigenvalue weighted by Gasteiger charge is 2.10. The molecule has 122 valence electrons. The molecule has 0 atom stereocenters. The van der Waals surface area contributed by atoms with E-state index < -0.39 is 0 Å². The Bertz CT molecular complexity index is 879. The molecule has 0 aliphatic heterocycles. The maximum absolute atomic E-state index is 12.3. The van der Waals surface area contributed by atoms with Gasteiger partial charge in [0.25, 0.3) is 5.91 Å². The quantitative estimate of drug-likeness (QED) is 0.775. The molecule has 5 nitrogen and oxygen atoms in total. The molecule has 24 heavy (non-hydrogen) atoms. The lowest BCUT2D eigenvalue weighted by molar-refractivity contribution is -0.115. The summed E-state index contributed by atoms with van der Waals surface area (Å²) in [4.78, 5) is 28.8. The van der Waals surface area contributed by atoms with Crippen LogP contribution in [0.1, 0.15) is 15.9 Å². The first kappa shape index (κ1) is 15.8. The van der Waals surface area contributed by atoms with Gasteiger partial charge in [-0.05, 0) is 35.9 Å². The number of carbonyl (C=O) groups is 2. The van der Waals surface area contributed by atoms with Crippen LogP contribution in [0.2, 0.25) is 0 Å². The van der Waals surface area contributed by atoms with Crippen molar-refractivity contribution in [3.63, 3.8) is 0 Å². The van der Waals surface area contributed by atoms with Gasteiger partial charge in [-0.25, -0.2) is 0 Å². The normalized spacial score (nSPS) is 10.6. The summed E-state index contributed by atoms with van der Waals surface area (Å²) in [6.07, 6.45) is 2.16. The summed E-state index contributed by atoms with van der Waals surface area (Å²) in [6, 6.07) is 14.8. The van der Waals surface area contributed by atoms with E-state index in [1.54, 1.807) is 38.4 Å². The molecule has 0 bridgehead atoms. The van der Waals surface area contributed by atoms with Crippen LogP contribution in [0.5, 0.6) is 0 Å². The number of rotatable bonds is 4. The standard InChI is InChI=1S/C19H19N3O2/c1-22(2)19(24)13-7-9-15(10-8-13)21-18(23)11-14-12-20-17-6-4-3-5-16(14)17/h3-10,12,20H,11H2,1-2H3,(H,21,23). The van der Waals surface area contributed by atoms with Gasteiger partial charge in [-0.3, -0.25) is 9.59 Å². The van der Waals surface area contributed by atoms with Crippen LogP contribution in [0.25, 0.3) is 10.9 Å². The lowest BCUT2D eigenvalue weighted by atomic mass is 10.1. The van der Waals surface area contributed by atoms with Crippen molar-refractivity contribution in [2.45, 2.75) is 6.42 Å². The summed E-state index contributed by atoms with van der Waals surface area (Å²) in [5.74, 6) is -0.155. The Morgan fingerprint density at radius 2 is 1.75 bits per heavy atom. The third-order valence-electron chi connectivity index (χ3n) is 3.85. The number of aromatic nitrogens is 1. The molecular formula is C19H19N3O2. The van der Waals surface area contributed by atoms with Crippen LogP contribution in [-0.2, 0) is 11.2 Å².